The van der Waals surface area contributed by atoms with Crippen LogP contribution in [0.3, 0.4) is 0 Å². The molecule has 2 aromatic carbocycles. The first-order valence-corrected chi connectivity index (χ1v) is 12.3. The molecule has 3 heterocycles. The zero-order valence-electron chi connectivity index (χ0n) is 20.1. The molecule has 2 N–H and O–H groups in total. The van der Waals surface area contributed by atoms with Crippen molar-refractivity contribution in [3.8, 4) is 11.5 Å². The molecule has 9 nitrogen and oxygen atoms in total. The lowest BCUT2D eigenvalue weighted by Crippen LogP contribution is -2.46. The highest BCUT2D eigenvalue weighted by Crippen LogP contribution is 2.56. The first kappa shape index (κ1) is 22.9. The third kappa shape index (κ3) is 3.45. The predicted octanol–water partition coefficient (Wildman–Crippen LogP) is 3.40. The van der Waals surface area contributed by atoms with E-state index in [-0.39, 0.29) is 30.4 Å². The smallest absolute Gasteiger partial charge is 0.412 e. The fourth-order valence-corrected chi connectivity index (χ4v) is 6.11. The number of aromatic hydroxyl groups is 1. The number of benzene rings is 2. The van der Waals surface area contributed by atoms with Gasteiger partial charge in [0.2, 0.25) is 0 Å². The first-order valence-electron chi connectivity index (χ1n) is 12.3. The number of carbonyl (C=O) groups is 2. The number of ether oxygens (including phenoxy) is 1. The molecule has 0 unspecified atom stereocenters. The molecule has 0 aromatic heterocycles. The molecule has 3 aliphatic heterocycles. The second kappa shape index (κ2) is 8.53. The molecule has 188 valence electrons. The van der Waals surface area contributed by atoms with Gasteiger partial charge < -0.3 is 19.8 Å². The minimum atomic E-state index is -1.24. The number of anilines is 1. The molecule has 3 atom stereocenters. The number of nitrogens with zero attached hydrogens (tertiary/aromatic N) is 3. The number of phenols is 1. The topological polar surface area (TPSA) is 103 Å². The molecule has 4 aliphatic rings. The van der Waals surface area contributed by atoms with E-state index >= 15 is 0 Å². The molecule has 1 aliphatic carbocycles. The Balaban J connectivity index is 1.38. The van der Waals surface area contributed by atoms with E-state index in [1.165, 1.54) is 6.07 Å². The Morgan fingerprint density at radius 2 is 2.08 bits per heavy atom. The Morgan fingerprint density at radius 3 is 2.89 bits per heavy atom. The number of para-hydroxylation sites is 1. The largest absolute Gasteiger partial charge is 0.508 e. The molecular weight excluding hydrogens is 462 g/mol. The minimum Gasteiger partial charge on any atom is -0.508 e. The highest BCUT2D eigenvalue weighted by Gasteiger charge is 2.52. The predicted molar refractivity (Wildman–Crippen MR) is 131 cm³/mol. The summed E-state index contributed by atoms with van der Waals surface area (Å²) in [5.41, 5.74) is 2.78. The van der Waals surface area contributed by atoms with Crippen molar-refractivity contribution < 1.29 is 29.4 Å². The fourth-order valence-electron chi connectivity index (χ4n) is 6.11. The summed E-state index contributed by atoms with van der Waals surface area (Å²) in [5.74, 6) is 0.131. The van der Waals surface area contributed by atoms with E-state index in [0.29, 0.717) is 17.0 Å². The van der Waals surface area contributed by atoms with Crippen LogP contribution in [0, 0.1) is 0 Å². The number of hydrogen-bond donors (Lipinski definition) is 2. The zero-order chi connectivity index (χ0) is 25.0. The van der Waals surface area contributed by atoms with Gasteiger partial charge in [-0.1, -0.05) is 36.4 Å². The summed E-state index contributed by atoms with van der Waals surface area (Å²) in [6, 6.07) is 9.35. The molecule has 2 aromatic rings. The maximum atomic E-state index is 13.3. The quantitative estimate of drug-likeness (QED) is 0.632. The van der Waals surface area contributed by atoms with Crippen LogP contribution in [0.5, 0.6) is 11.5 Å². The van der Waals surface area contributed by atoms with Crippen LogP contribution in [0.2, 0.25) is 0 Å². The van der Waals surface area contributed by atoms with Crippen molar-refractivity contribution >= 4 is 17.7 Å². The van der Waals surface area contributed by atoms with Crippen molar-refractivity contribution in [3.05, 3.63) is 65.2 Å². The Morgan fingerprint density at radius 1 is 1.25 bits per heavy atom. The second-order valence-corrected chi connectivity index (χ2v) is 10.0. The van der Waals surface area contributed by atoms with Crippen molar-refractivity contribution in [2.45, 2.75) is 49.9 Å². The third-order valence-electron chi connectivity index (χ3n) is 7.88. The SMILES string of the molecule is CN1CC[C@@]23C=CCC[C@@H]2Oc2c(N(C(=O)O)[C@@H]4CON(Cc5ccccc5O)C4=O)ccc(c23)C1. The van der Waals surface area contributed by atoms with Gasteiger partial charge in [-0.15, -0.1) is 0 Å². The standard InChI is InChI=1S/C27H29N3O6/c1-28-13-12-27-11-5-4-8-22(27)36-24-19(10-9-18(14-28)23(24)27)30(26(33)34)20-16-35-29(25(20)32)15-17-6-2-3-7-21(17)31/h2-3,5-7,9-11,20,22,31H,4,8,12-16H2,1H3,(H,33,34)/t20-,22+,27+/m1/s1. The van der Waals surface area contributed by atoms with Gasteiger partial charge in [0.25, 0.3) is 5.91 Å². The van der Waals surface area contributed by atoms with Crippen LogP contribution < -0.4 is 9.64 Å². The van der Waals surface area contributed by atoms with E-state index < -0.39 is 18.0 Å². The molecule has 1 spiro atoms. The Bertz CT molecular complexity index is 1260. The maximum Gasteiger partial charge on any atom is 0.412 e. The summed E-state index contributed by atoms with van der Waals surface area (Å²) in [4.78, 5) is 35.0. The number of hydroxylamine groups is 2. The molecule has 36 heavy (non-hydrogen) atoms. The molecule has 6 rings (SSSR count). The van der Waals surface area contributed by atoms with E-state index in [1.54, 1.807) is 24.3 Å². The van der Waals surface area contributed by atoms with Gasteiger partial charge in [0.1, 0.15) is 30.3 Å². The summed E-state index contributed by atoms with van der Waals surface area (Å²) in [6.45, 7) is 1.56. The average Bonchev–Trinajstić information content (AvgIpc) is 3.34. The minimum absolute atomic E-state index is 0.0192. The Hall–Kier alpha value is -3.56. The van der Waals surface area contributed by atoms with E-state index in [1.807, 2.05) is 6.07 Å². The number of amides is 2. The normalized spacial score (nSPS) is 26.8. The van der Waals surface area contributed by atoms with Crippen molar-refractivity contribution in [2.24, 2.45) is 0 Å². The van der Waals surface area contributed by atoms with Gasteiger partial charge in [-0.2, -0.15) is 0 Å². The number of carboxylic acid groups (broad SMARTS) is 1. The van der Waals surface area contributed by atoms with E-state index in [4.69, 9.17) is 9.57 Å². The molecule has 0 saturated carbocycles. The van der Waals surface area contributed by atoms with Gasteiger partial charge in [0, 0.05) is 17.7 Å². The molecular formula is C27H29N3O6. The zero-order valence-corrected chi connectivity index (χ0v) is 20.1. The molecule has 2 amide bonds. The molecule has 9 heteroatoms. The van der Waals surface area contributed by atoms with Crippen molar-refractivity contribution in [2.75, 3.05) is 25.1 Å². The summed E-state index contributed by atoms with van der Waals surface area (Å²) in [6.07, 6.45) is 5.82. The highest BCUT2D eigenvalue weighted by atomic mass is 16.7. The number of rotatable bonds is 4. The van der Waals surface area contributed by atoms with Gasteiger partial charge in [-0.3, -0.25) is 14.5 Å². The van der Waals surface area contributed by atoms with Crippen LogP contribution in [-0.2, 0) is 28.1 Å². The van der Waals surface area contributed by atoms with E-state index in [9.17, 15) is 19.8 Å². The monoisotopic (exact) mass is 491 g/mol. The van der Waals surface area contributed by atoms with Gasteiger partial charge in [-0.25, -0.2) is 9.86 Å². The Kier molecular flexibility index (Phi) is 5.42. The van der Waals surface area contributed by atoms with Gasteiger partial charge in [-0.05, 0) is 50.6 Å². The van der Waals surface area contributed by atoms with Crippen LogP contribution in [-0.4, -0.2) is 64.5 Å². The average molecular weight is 492 g/mol. The van der Waals surface area contributed by atoms with Gasteiger partial charge in [0.05, 0.1) is 17.6 Å². The number of allylic oxidation sites excluding steroid dienone is 1. The molecule has 1 saturated heterocycles. The van der Waals surface area contributed by atoms with Crippen LogP contribution in [0.15, 0.2) is 48.6 Å². The number of phenolic OH excluding ortho intramolecular Hbond substituents is 1. The van der Waals surface area contributed by atoms with Crippen LogP contribution in [0.1, 0.15) is 36.0 Å². The van der Waals surface area contributed by atoms with Crippen molar-refractivity contribution in [3.63, 3.8) is 0 Å². The molecule has 0 bridgehead atoms. The van der Waals surface area contributed by atoms with Crippen LogP contribution in [0.4, 0.5) is 10.5 Å². The highest BCUT2D eigenvalue weighted by molar-refractivity contribution is 5.99. The lowest BCUT2D eigenvalue weighted by atomic mass is 9.69. The Labute approximate surface area is 209 Å². The summed E-state index contributed by atoms with van der Waals surface area (Å²) >= 11 is 0. The summed E-state index contributed by atoms with van der Waals surface area (Å²) < 4.78 is 6.54. The van der Waals surface area contributed by atoms with Crippen molar-refractivity contribution in [1.29, 1.82) is 0 Å². The lowest BCUT2D eigenvalue weighted by Gasteiger charge is -2.34. The van der Waals surface area contributed by atoms with Gasteiger partial charge in [0.15, 0.2) is 0 Å². The second-order valence-electron chi connectivity index (χ2n) is 10.0. The van der Waals surface area contributed by atoms with E-state index in [0.717, 1.165) is 53.4 Å². The first-order chi connectivity index (χ1) is 17.4. The third-order valence-corrected chi connectivity index (χ3v) is 7.88. The van der Waals surface area contributed by atoms with E-state index in [2.05, 4.69) is 24.1 Å². The van der Waals surface area contributed by atoms with Crippen molar-refractivity contribution in [1.82, 2.24) is 9.96 Å². The van der Waals surface area contributed by atoms with Crippen LogP contribution >= 0.6 is 0 Å². The molecule has 1 fully saturated rings. The maximum absolute atomic E-state index is 13.3. The van der Waals surface area contributed by atoms with Gasteiger partial charge >= 0.3 is 6.09 Å². The van der Waals surface area contributed by atoms with Crippen LogP contribution in [0.25, 0.3) is 0 Å². The number of hydrogen-bond acceptors (Lipinski definition) is 6. The summed E-state index contributed by atoms with van der Waals surface area (Å²) in [5, 5.41) is 21.5. The summed E-state index contributed by atoms with van der Waals surface area (Å²) in [7, 11) is 2.09. The fraction of sp³-hybridized carbons (Fsp3) is 0.407. The number of carbonyl (C=O) groups excluding carboxylic acids is 1. The lowest BCUT2D eigenvalue weighted by molar-refractivity contribution is -0.164. The molecule has 0 radical (unpaired) electrons.